The van der Waals surface area contributed by atoms with Crippen LogP contribution in [0.15, 0.2) is 42.5 Å². The number of amides is 1. The average Bonchev–Trinajstić information content (AvgIpc) is 3.03. The highest BCUT2D eigenvalue weighted by Gasteiger charge is 2.14. The summed E-state index contributed by atoms with van der Waals surface area (Å²) in [6.07, 6.45) is 0.938. The summed E-state index contributed by atoms with van der Waals surface area (Å²) in [6.45, 7) is 4.29. The molecule has 1 aliphatic heterocycles. The smallest absolute Gasteiger partial charge is 0.256 e. The first-order chi connectivity index (χ1) is 13.5. The third kappa shape index (κ3) is 4.07. The summed E-state index contributed by atoms with van der Waals surface area (Å²) in [4.78, 5) is 12.7. The molecule has 0 radical (unpaired) electrons. The molecule has 0 fully saturated rings. The van der Waals surface area contributed by atoms with E-state index in [0.29, 0.717) is 28.0 Å². The van der Waals surface area contributed by atoms with Crippen LogP contribution in [0.5, 0.6) is 0 Å². The van der Waals surface area contributed by atoms with Gasteiger partial charge in [-0.25, -0.2) is 0 Å². The highest BCUT2D eigenvalue weighted by molar-refractivity contribution is 6.42. The third-order valence-electron chi connectivity index (χ3n) is 4.89. The molecule has 1 aliphatic rings. The molecule has 1 amide bonds. The van der Waals surface area contributed by atoms with E-state index in [1.807, 2.05) is 48.0 Å². The summed E-state index contributed by atoms with van der Waals surface area (Å²) in [5, 5.41) is 11.8. The zero-order chi connectivity index (χ0) is 19.7. The molecule has 2 heterocycles. The highest BCUT2D eigenvalue weighted by atomic mass is 35.5. The normalized spacial score (nSPS) is 13.2. The van der Waals surface area contributed by atoms with E-state index in [4.69, 9.17) is 23.2 Å². The monoisotopic (exact) mass is 414 g/mol. The first-order valence-electron chi connectivity index (χ1n) is 9.12. The van der Waals surface area contributed by atoms with E-state index in [2.05, 4.69) is 15.7 Å². The van der Waals surface area contributed by atoms with Crippen molar-refractivity contribution < 1.29 is 4.79 Å². The van der Waals surface area contributed by atoms with Gasteiger partial charge in [0.2, 0.25) is 0 Å². The SMILES string of the molecule is Cc1cc(NC(=O)c2ccc3c(c2)CCNC3)nn1Cc1ccc(Cl)c(Cl)c1. The quantitative estimate of drug-likeness (QED) is 0.662. The molecule has 0 unspecified atom stereocenters. The Balaban J connectivity index is 1.49. The zero-order valence-corrected chi connectivity index (χ0v) is 16.9. The van der Waals surface area contributed by atoms with Crippen LogP contribution in [0, 0.1) is 6.92 Å². The van der Waals surface area contributed by atoms with E-state index in [9.17, 15) is 4.79 Å². The lowest BCUT2D eigenvalue weighted by atomic mass is 9.98. The Kier molecular flexibility index (Phi) is 5.40. The molecular formula is C21H20Cl2N4O. The lowest BCUT2D eigenvalue weighted by molar-refractivity contribution is 0.102. The minimum Gasteiger partial charge on any atom is -0.312 e. The number of carbonyl (C=O) groups is 1. The summed E-state index contributed by atoms with van der Waals surface area (Å²) < 4.78 is 1.83. The van der Waals surface area contributed by atoms with E-state index >= 15 is 0 Å². The Hall–Kier alpha value is -2.34. The van der Waals surface area contributed by atoms with Crippen LogP contribution in [0.4, 0.5) is 5.82 Å². The molecule has 2 N–H and O–H groups in total. The van der Waals surface area contributed by atoms with E-state index < -0.39 is 0 Å². The van der Waals surface area contributed by atoms with Crippen LogP contribution in [-0.4, -0.2) is 22.2 Å². The van der Waals surface area contributed by atoms with Crippen molar-refractivity contribution in [1.82, 2.24) is 15.1 Å². The number of hydrogen-bond donors (Lipinski definition) is 2. The molecule has 28 heavy (non-hydrogen) atoms. The number of aryl methyl sites for hydroxylation is 1. The maximum absolute atomic E-state index is 12.7. The number of benzene rings is 2. The molecule has 0 spiro atoms. The van der Waals surface area contributed by atoms with Crippen molar-refractivity contribution in [2.75, 3.05) is 11.9 Å². The van der Waals surface area contributed by atoms with Gasteiger partial charge in [0, 0.05) is 23.9 Å². The Morgan fingerprint density at radius 2 is 2.00 bits per heavy atom. The minimum absolute atomic E-state index is 0.152. The molecule has 0 saturated carbocycles. The lowest BCUT2D eigenvalue weighted by Gasteiger charge is -2.17. The average molecular weight is 415 g/mol. The number of carbonyl (C=O) groups excluding carboxylic acids is 1. The van der Waals surface area contributed by atoms with Crippen molar-refractivity contribution >= 4 is 34.9 Å². The van der Waals surface area contributed by atoms with Crippen LogP contribution >= 0.6 is 23.2 Å². The Bertz CT molecular complexity index is 1040. The molecular weight excluding hydrogens is 395 g/mol. The Labute approximate surface area is 173 Å². The van der Waals surface area contributed by atoms with Crippen LogP contribution in [-0.2, 0) is 19.5 Å². The van der Waals surface area contributed by atoms with Crippen LogP contribution in [0.25, 0.3) is 0 Å². The van der Waals surface area contributed by atoms with Crippen LogP contribution in [0.2, 0.25) is 10.0 Å². The molecule has 0 bridgehead atoms. The second-order valence-corrected chi connectivity index (χ2v) is 7.76. The van der Waals surface area contributed by atoms with Crippen LogP contribution < -0.4 is 10.6 Å². The van der Waals surface area contributed by atoms with Crippen molar-refractivity contribution in [3.8, 4) is 0 Å². The maximum atomic E-state index is 12.7. The first-order valence-corrected chi connectivity index (χ1v) is 9.87. The van der Waals surface area contributed by atoms with Gasteiger partial charge in [-0.3, -0.25) is 9.48 Å². The first kappa shape index (κ1) is 19.0. The molecule has 2 aromatic carbocycles. The van der Waals surface area contributed by atoms with Crippen molar-refractivity contribution in [3.05, 3.63) is 80.5 Å². The summed E-state index contributed by atoms with van der Waals surface area (Å²) in [6, 6.07) is 13.2. The fraction of sp³-hybridized carbons (Fsp3) is 0.238. The van der Waals surface area contributed by atoms with Crippen molar-refractivity contribution in [2.24, 2.45) is 0 Å². The summed E-state index contributed by atoms with van der Waals surface area (Å²) in [5.74, 6) is 0.377. The number of hydrogen-bond acceptors (Lipinski definition) is 3. The van der Waals surface area contributed by atoms with Gasteiger partial charge >= 0.3 is 0 Å². The number of rotatable bonds is 4. The Morgan fingerprint density at radius 3 is 2.82 bits per heavy atom. The predicted octanol–water partition coefficient (Wildman–Crippen LogP) is 4.44. The second-order valence-electron chi connectivity index (χ2n) is 6.94. The van der Waals surface area contributed by atoms with Gasteiger partial charge < -0.3 is 10.6 Å². The molecule has 4 rings (SSSR count). The number of fused-ring (bicyclic) bond motifs is 1. The molecule has 0 saturated heterocycles. The predicted molar refractivity (Wildman–Crippen MR) is 112 cm³/mol. The van der Waals surface area contributed by atoms with Gasteiger partial charge in [0.25, 0.3) is 5.91 Å². The molecule has 0 aliphatic carbocycles. The standard InChI is InChI=1S/C21H20Cl2N4O/c1-13-8-20(26-27(13)12-14-2-5-18(22)19(23)9-14)25-21(28)16-3-4-17-11-24-7-6-15(17)10-16/h2-5,8-10,24H,6-7,11-12H2,1H3,(H,25,26,28). The van der Waals surface area contributed by atoms with Crippen molar-refractivity contribution in [2.45, 2.75) is 26.4 Å². The van der Waals surface area contributed by atoms with Gasteiger partial charge in [0.05, 0.1) is 16.6 Å². The third-order valence-corrected chi connectivity index (χ3v) is 5.63. The molecule has 0 atom stereocenters. The van der Waals surface area contributed by atoms with E-state index in [-0.39, 0.29) is 5.91 Å². The number of aromatic nitrogens is 2. The van der Waals surface area contributed by atoms with Crippen LogP contribution in [0.3, 0.4) is 0 Å². The number of anilines is 1. The minimum atomic E-state index is -0.152. The number of halogens is 2. The Morgan fingerprint density at radius 1 is 1.14 bits per heavy atom. The molecule has 3 aromatic rings. The summed E-state index contributed by atoms with van der Waals surface area (Å²) in [5.41, 5.74) is 5.06. The van der Waals surface area contributed by atoms with E-state index in [1.54, 1.807) is 6.07 Å². The molecule has 144 valence electrons. The molecule has 1 aromatic heterocycles. The van der Waals surface area contributed by atoms with Gasteiger partial charge in [0.1, 0.15) is 0 Å². The van der Waals surface area contributed by atoms with Gasteiger partial charge in [-0.1, -0.05) is 35.3 Å². The molecule has 5 nitrogen and oxygen atoms in total. The fourth-order valence-electron chi connectivity index (χ4n) is 3.35. The van der Waals surface area contributed by atoms with Gasteiger partial charge in [-0.2, -0.15) is 5.10 Å². The van der Waals surface area contributed by atoms with E-state index in [1.165, 1.54) is 11.1 Å². The second kappa shape index (κ2) is 7.95. The summed E-state index contributed by atoms with van der Waals surface area (Å²) in [7, 11) is 0. The topological polar surface area (TPSA) is 59.0 Å². The zero-order valence-electron chi connectivity index (χ0n) is 15.4. The van der Waals surface area contributed by atoms with Gasteiger partial charge in [-0.15, -0.1) is 0 Å². The van der Waals surface area contributed by atoms with Crippen molar-refractivity contribution in [3.63, 3.8) is 0 Å². The number of nitrogens with one attached hydrogen (secondary N) is 2. The van der Waals surface area contributed by atoms with Gasteiger partial charge in [-0.05, 0) is 60.8 Å². The van der Waals surface area contributed by atoms with Gasteiger partial charge in [0.15, 0.2) is 5.82 Å². The van der Waals surface area contributed by atoms with Crippen molar-refractivity contribution in [1.29, 1.82) is 0 Å². The largest absolute Gasteiger partial charge is 0.312 e. The molecule has 7 heteroatoms. The lowest BCUT2D eigenvalue weighted by Crippen LogP contribution is -2.24. The van der Waals surface area contributed by atoms with E-state index in [0.717, 1.165) is 30.8 Å². The summed E-state index contributed by atoms with van der Waals surface area (Å²) >= 11 is 12.1. The number of nitrogens with zero attached hydrogens (tertiary/aromatic N) is 2. The fourth-order valence-corrected chi connectivity index (χ4v) is 3.67. The van der Waals surface area contributed by atoms with Crippen LogP contribution in [0.1, 0.15) is 32.7 Å². The maximum Gasteiger partial charge on any atom is 0.256 e. The highest BCUT2D eigenvalue weighted by Crippen LogP contribution is 2.23.